The van der Waals surface area contributed by atoms with Gasteiger partial charge in [-0.1, -0.05) is 23.9 Å². The number of aliphatic imine (C=N–C) groups is 1. The van der Waals surface area contributed by atoms with Crippen LogP contribution in [0.4, 0.5) is 5.69 Å². The number of ether oxygens (including phenoxy) is 2. The Morgan fingerprint density at radius 3 is 2.68 bits per heavy atom. The SMILES string of the molecule is CSC(=Nc1cccc(C(=O)c2ccc3c(c2)OCCO3)c1)NC#N. The molecule has 0 amide bonds. The van der Waals surface area contributed by atoms with E-state index in [1.807, 2.05) is 12.4 Å². The van der Waals surface area contributed by atoms with Crippen molar-refractivity contribution in [1.82, 2.24) is 5.32 Å². The number of fused-ring (bicyclic) bond motifs is 1. The largest absolute Gasteiger partial charge is 0.486 e. The molecule has 1 heterocycles. The summed E-state index contributed by atoms with van der Waals surface area (Å²) in [4.78, 5) is 17.1. The molecule has 126 valence electrons. The van der Waals surface area contributed by atoms with Gasteiger partial charge in [-0.2, -0.15) is 5.26 Å². The molecule has 2 aromatic carbocycles. The van der Waals surface area contributed by atoms with Gasteiger partial charge in [0.2, 0.25) is 0 Å². The molecule has 0 fully saturated rings. The maximum Gasteiger partial charge on any atom is 0.193 e. The van der Waals surface area contributed by atoms with E-state index in [-0.39, 0.29) is 5.78 Å². The van der Waals surface area contributed by atoms with Gasteiger partial charge in [0.25, 0.3) is 0 Å². The predicted molar refractivity (Wildman–Crippen MR) is 96.7 cm³/mol. The molecule has 2 aromatic rings. The fraction of sp³-hybridized carbons (Fsp3) is 0.167. The predicted octanol–water partition coefficient (Wildman–Crippen LogP) is 3.11. The Morgan fingerprint density at radius 2 is 1.92 bits per heavy atom. The monoisotopic (exact) mass is 353 g/mol. The summed E-state index contributed by atoms with van der Waals surface area (Å²) < 4.78 is 11.0. The van der Waals surface area contributed by atoms with E-state index in [1.165, 1.54) is 11.8 Å². The molecule has 1 aliphatic rings. The molecule has 0 unspecified atom stereocenters. The molecule has 0 atom stereocenters. The lowest BCUT2D eigenvalue weighted by atomic mass is 10.0. The van der Waals surface area contributed by atoms with Gasteiger partial charge < -0.3 is 9.47 Å². The van der Waals surface area contributed by atoms with E-state index >= 15 is 0 Å². The first-order valence-corrected chi connectivity index (χ1v) is 8.76. The zero-order valence-electron chi connectivity index (χ0n) is 13.5. The number of nitriles is 1. The zero-order valence-corrected chi connectivity index (χ0v) is 14.3. The highest BCUT2D eigenvalue weighted by Crippen LogP contribution is 2.31. The normalized spacial score (nSPS) is 13.0. The van der Waals surface area contributed by atoms with E-state index < -0.39 is 0 Å². The third kappa shape index (κ3) is 3.92. The van der Waals surface area contributed by atoms with Crippen LogP contribution in [0.25, 0.3) is 0 Å². The number of hydrogen-bond acceptors (Lipinski definition) is 6. The second-order valence-corrected chi connectivity index (χ2v) is 5.89. The van der Waals surface area contributed by atoms with E-state index in [0.717, 1.165) is 0 Å². The van der Waals surface area contributed by atoms with Gasteiger partial charge in [-0.25, -0.2) is 4.99 Å². The third-order valence-electron chi connectivity index (χ3n) is 3.50. The first-order valence-electron chi connectivity index (χ1n) is 7.53. The van der Waals surface area contributed by atoms with Crippen molar-refractivity contribution >= 4 is 28.4 Å². The summed E-state index contributed by atoms with van der Waals surface area (Å²) in [5, 5.41) is 11.7. The minimum Gasteiger partial charge on any atom is -0.486 e. The number of benzene rings is 2. The summed E-state index contributed by atoms with van der Waals surface area (Å²) in [6, 6.07) is 12.1. The zero-order chi connectivity index (χ0) is 17.6. The van der Waals surface area contributed by atoms with Crippen LogP contribution in [0, 0.1) is 11.5 Å². The van der Waals surface area contributed by atoms with Crippen molar-refractivity contribution in [3.63, 3.8) is 0 Å². The first kappa shape index (κ1) is 16.9. The maximum absolute atomic E-state index is 12.7. The fourth-order valence-corrected chi connectivity index (χ4v) is 2.70. The minimum absolute atomic E-state index is 0.132. The van der Waals surface area contributed by atoms with Crippen LogP contribution in [-0.2, 0) is 0 Å². The van der Waals surface area contributed by atoms with Crippen molar-refractivity contribution in [3.05, 3.63) is 53.6 Å². The molecule has 0 saturated heterocycles. The average molecular weight is 353 g/mol. The summed E-state index contributed by atoms with van der Waals surface area (Å²) in [5.74, 6) is 1.09. The van der Waals surface area contributed by atoms with Crippen LogP contribution >= 0.6 is 11.8 Å². The fourth-order valence-electron chi connectivity index (χ4n) is 2.36. The Kier molecular flexibility index (Phi) is 5.21. The summed E-state index contributed by atoms with van der Waals surface area (Å²) in [6.07, 6.45) is 3.65. The van der Waals surface area contributed by atoms with Crippen LogP contribution in [0.1, 0.15) is 15.9 Å². The topological polar surface area (TPSA) is 83.7 Å². The van der Waals surface area contributed by atoms with Gasteiger partial charge in [-0.3, -0.25) is 10.1 Å². The van der Waals surface area contributed by atoms with Crippen LogP contribution in [-0.4, -0.2) is 30.4 Å². The molecule has 0 saturated carbocycles. The number of rotatable bonds is 3. The molecule has 0 radical (unpaired) electrons. The van der Waals surface area contributed by atoms with Crippen LogP contribution < -0.4 is 14.8 Å². The molecule has 0 spiro atoms. The maximum atomic E-state index is 12.7. The molecule has 7 heteroatoms. The van der Waals surface area contributed by atoms with Gasteiger partial charge in [0, 0.05) is 11.1 Å². The third-order valence-corrected chi connectivity index (χ3v) is 4.08. The van der Waals surface area contributed by atoms with Gasteiger partial charge in [-0.05, 0) is 36.6 Å². The number of carbonyl (C=O) groups excluding carboxylic acids is 1. The molecule has 0 bridgehead atoms. The van der Waals surface area contributed by atoms with E-state index in [1.54, 1.807) is 42.5 Å². The molecular formula is C18H15N3O3S. The van der Waals surface area contributed by atoms with Crippen molar-refractivity contribution in [1.29, 1.82) is 5.26 Å². The lowest BCUT2D eigenvalue weighted by Crippen LogP contribution is -2.15. The molecule has 25 heavy (non-hydrogen) atoms. The van der Waals surface area contributed by atoms with E-state index in [0.29, 0.717) is 46.7 Å². The Bertz CT molecular complexity index is 874. The lowest BCUT2D eigenvalue weighted by Gasteiger charge is -2.18. The van der Waals surface area contributed by atoms with Gasteiger partial charge >= 0.3 is 0 Å². The van der Waals surface area contributed by atoms with Crippen LogP contribution in [0.2, 0.25) is 0 Å². The molecule has 0 aromatic heterocycles. The Morgan fingerprint density at radius 1 is 1.16 bits per heavy atom. The van der Waals surface area contributed by atoms with Gasteiger partial charge in [0.1, 0.15) is 13.2 Å². The average Bonchev–Trinajstić information content (AvgIpc) is 2.67. The number of nitrogens with zero attached hydrogens (tertiary/aromatic N) is 2. The number of thioether (sulfide) groups is 1. The second-order valence-electron chi connectivity index (χ2n) is 5.10. The molecule has 0 aliphatic carbocycles. The second kappa shape index (κ2) is 7.73. The summed E-state index contributed by atoms with van der Waals surface area (Å²) in [6.45, 7) is 0.979. The highest BCUT2D eigenvalue weighted by molar-refractivity contribution is 8.13. The number of ketones is 1. The van der Waals surface area contributed by atoms with E-state index in [4.69, 9.17) is 14.7 Å². The van der Waals surface area contributed by atoms with Crippen molar-refractivity contribution < 1.29 is 14.3 Å². The summed E-state index contributed by atoms with van der Waals surface area (Å²) in [7, 11) is 0. The van der Waals surface area contributed by atoms with Gasteiger partial charge in [0.05, 0.1) is 5.69 Å². The van der Waals surface area contributed by atoms with Crippen molar-refractivity contribution in [3.8, 4) is 17.7 Å². The highest BCUT2D eigenvalue weighted by atomic mass is 32.2. The molecule has 3 rings (SSSR count). The smallest absolute Gasteiger partial charge is 0.193 e. The van der Waals surface area contributed by atoms with Gasteiger partial charge in [-0.15, -0.1) is 0 Å². The minimum atomic E-state index is -0.132. The Balaban J connectivity index is 1.88. The molecule has 1 N–H and O–H groups in total. The van der Waals surface area contributed by atoms with Crippen LogP contribution in [0.3, 0.4) is 0 Å². The first-order chi connectivity index (χ1) is 12.2. The standard InChI is InChI=1S/C18H15N3O3S/c1-25-18(20-11-19)21-14-4-2-3-12(9-14)17(22)13-5-6-15-16(10-13)24-8-7-23-15/h2-6,9-10H,7-8H2,1H3,(H,20,21). The van der Waals surface area contributed by atoms with Gasteiger partial charge in [0.15, 0.2) is 28.6 Å². The number of hydrogen-bond donors (Lipinski definition) is 1. The van der Waals surface area contributed by atoms with Crippen molar-refractivity contribution in [2.45, 2.75) is 0 Å². The van der Waals surface area contributed by atoms with Crippen LogP contribution in [0.5, 0.6) is 11.5 Å². The Hall–Kier alpha value is -2.98. The lowest BCUT2D eigenvalue weighted by molar-refractivity contribution is 0.103. The summed E-state index contributed by atoms with van der Waals surface area (Å²) in [5.41, 5.74) is 1.62. The van der Waals surface area contributed by atoms with Crippen LogP contribution in [0.15, 0.2) is 47.5 Å². The van der Waals surface area contributed by atoms with E-state index in [2.05, 4.69) is 10.3 Å². The molecule has 6 nitrogen and oxygen atoms in total. The number of amidine groups is 1. The molecular weight excluding hydrogens is 338 g/mol. The number of carbonyl (C=O) groups is 1. The Labute approximate surface area is 149 Å². The number of nitrogens with one attached hydrogen (secondary N) is 1. The van der Waals surface area contributed by atoms with E-state index in [9.17, 15) is 4.79 Å². The molecule has 1 aliphatic heterocycles. The van der Waals surface area contributed by atoms with Crippen molar-refractivity contribution in [2.75, 3.05) is 19.5 Å². The summed E-state index contributed by atoms with van der Waals surface area (Å²) >= 11 is 1.32. The van der Waals surface area contributed by atoms with Crippen molar-refractivity contribution in [2.24, 2.45) is 4.99 Å². The highest BCUT2D eigenvalue weighted by Gasteiger charge is 2.16. The quantitative estimate of drug-likeness (QED) is 0.300.